The van der Waals surface area contributed by atoms with Gasteiger partial charge in [0.15, 0.2) is 5.82 Å². The highest BCUT2D eigenvalue weighted by atomic mass is 16.5. The molecule has 0 saturated carbocycles. The summed E-state index contributed by atoms with van der Waals surface area (Å²) in [5.41, 5.74) is 5.36. The van der Waals surface area contributed by atoms with Gasteiger partial charge in [0.25, 0.3) is 5.89 Å². The smallest absolute Gasteiger partial charge is 0.252 e. The average Bonchev–Trinajstić information content (AvgIpc) is 2.76. The number of ether oxygens (including phenoxy) is 2. The fourth-order valence-electron chi connectivity index (χ4n) is 1.28. The van der Waals surface area contributed by atoms with Gasteiger partial charge >= 0.3 is 0 Å². The zero-order valence-corrected chi connectivity index (χ0v) is 11.6. The van der Waals surface area contributed by atoms with Crippen molar-refractivity contribution in [3.05, 3.63) is 11.7 Å². The van der Waals surface area contributed by atoms with E-state index in [0.29, 0.717) is 31.5 Å². The summed E-state index contributed by atoms with van der Waals surface area (Å²) in [6, 6.07) is 0. The monoisotopic (exact) mass is 257 g/mol. The van der Waals surface area contributed by atoms with Crippen molar-refractivity contribution in [2.45, 2.75) is 52.4 Å². The maximum Gasteiger partial charge on any atom is 0.252 e. The SMILES string of the molecule is CCCOCC(C)(N)c1noc(COC(C)C)n1. The molecule has 0 radical (unpaired) electrons. The van der Waals surface area contributed by atoms with Gasteiger partial charge in [-0.3, -0.25) is 0 Å². The van der Waals surface area contributed by atoms with E-state index in [4.69, 9.17) is 19.7 Å². The number of aromatic nitrogens is 2. The van der Waals surface area contributed by atoms with Gasteiger partial charge in [-0.1, -0.05) is 12.1 Å². The van der Waals surface area contributed by atoms with Crippen LogP contribution in [0.5, 0.6) is 0 Å². The summed E-state index contributed by atoms with van der Waals surface area (Å²) < 4.78 is 15.9. The fourth-order valence-corrected chi connectivity index (χ4v) is 1.28. The lowest BCUT2D eigenvalue weighted by molar-refractivity contribution is 0.0485. The molecular formula is C12H23N3O3. The Hall–Kier alpha value is -0.980. The summed E-state index contributed by atoms with van der Waals surface area (Å²) in [7, 11) is 0. The van der Waals surface area contributed by atoms with E-state index in [-0.39, 0.29) is 6.10 Å². The van der Waals surface area contributed by atoms with Crippen LogP contribution in [0.1, 0.15) is 45.8 Å². The molecule has 0 aliphatic carbocycles. The molecule has 18 heavy (non-hydrogen) atoms. The number of rotatable bonds is 8. The molecule has 1 heterocycles. The van der Waals surface area contributed by atoms with Gasteiger partial charge in [0.1, 0.15) is 12.1 Å². The molecule has 0 aliphatic rings. The van der Waals surface area contributed by atoms with Crippen molar-refractivity contribution < 1.29 is 14.0 Å². The van der Waals surface area contributed by atoms with E-state index in [1.54, 1.807) is 0 Å². The molecule has 0 amide bonds. The molecule has 1 atom stereocenters. The second-order valence-corrected chi connectivity index (χ2v) is 4.84. The summed E-state index contributed by atoms with van der Waals surface area (Å²) in [6.45, 7) is 9.10. The van der Waals surface area contributed by atoms with Crippen LogP contribution in [0.3, 0.4) is 0 Å². The lowest BCUT2D eigenvalue weighted by Gasteiger charge is -2.19. The van der Waals surface area contributed by atoms with Crippen LogP contribution < -0.4 is 5.73 Å². The van der Waals surface area contributed by atoms with Crippen molar-refractivity contribution in [3.8, 4) is 0 Å². The Morgan fingerprint density at radius 3 is 2.78 bits per heavy atom. The minimum Gasteiger partial charge on any atom is -0.379 e. The Bertz CT molecular complexity index is 350. The third-order valence-electron chi connectivity index (χ3n) is 2.27. The molecule has 6 nitrogen and oxygen atoms in total. The van der Waals surface area contributed by atoms with Crippen LogP contribution >= 0.6 is 0 Å². The molecule has 1 aromatic rings. The average molecular weight is 257 g/mol. The van der Waals surface area contributed by atoms with Crippen LogP contribution in [0.2, 0.25) is 0 Å². The first-order valence-corrected chi connectivity index (χ1v) is 6.27. The first kappa shape index (κ1) is 15.1. The van der Waals surface area contributed by atoms with Gasteiger partial charge < -0.3 is 19.7 Å². The molecule has 0 aliphatic heterocycles. The van der Waals surface area contributed by atoms with Crippen molar-refractivity contribution in [1.82, 2.24) is 10.1 Å². The standard InChI is InChI=1S/C12H23N3O3/c1-5-6-16-8-12(4,13)11-14-10(18-15-11)7-17-9(2)3/h9H,5-8,13H2,1-4H3. The van der Waals surface area contributed by atoms with Gasteiger partial charge in [-0.15, -0.1) is 0 Å². The maximum atomic E-state index is 6.10. The molecule has 0 aromatic carbocycles. The number of nitrogens with two attached hydrogens (primary N) is 1. The second-order valence-electron chi connectivity index (χ2n) is 4.84. The minimum absolute atomic E-state index is 0.123. The molecule has 2 N–H and O–H groups in total. The highest BCUT2D eigenvalue weighted by Crippen LogP contribution is 2.15. The van der Waals surface area contributed by atoms with Crippen LogP contribution in [-0.2, 0) is 21.6 Å². The van der Waals surface area contributed by atoms with E-state index < -0.39 is 5.54 Å². The Labute approximate surface area is 108 Å². The van der Waals surface area contributed by atoms with Crippen molar-refractivity contribution in [3.63, 3.8) is 0 Å². The first-order valence-electron chi connectivity index (χ1n) is 6.27. The number of nitrogens with zero attached hydrogens (tertiary/aromatic N) is 2. The zero-order valence-electron chi connectivity index (χ0n) is 11.6. The largest absolute Gasteiger partial charge is 0.379 e. The molecule has 0 bridgehead atoms. The quantitative estimate of drug-likeness (QED) is 0.712. The topological polar surface area (TPSA) is 83.4 Å². The van der Waals surface area contributed by atoms with Crippen LogP contribution in [0.25, 0.3) is 0 Å². The lowest BCUT2D eigenvalue weighted by Crippen LogP contribution is -2.39. The van der Waals surface area contributed by atoms with Crippen molar-refractivity contribution in [2.75, 3.05) is 13.2 Å². The van der Waals surface area contributed by atoms with Crippen LogP contribution in [0.4, 0.5) is 0 Å². The van der Waals surface area contributed by atoms with E-state index in [0.717, 1.165) is 6.42 Å². The summed E-state index contributed by atoms with van der Waals surface area (Å²) in [5.74, 6) is 0.881. The molecule has 6 heteroatoms. The molecule has 1 aromatic heterocycles. The molecular weight excluding hydrogens is 234 g/mol. The van der Waals surface area contributed by atoms with Gasteiger partial charge in [-0.2, -0.15) is 4.98 Å². The van der Waals surface area contributed by atoms with Gasteiger partial charge in [-0.25, -0.2) is 0 Å². The highest BCUT2D eigenvalue weighted by Gasteiger charge is 2.27. The fraction of sp³-hybridized carbons (Fsp3) is 0.833. The summed E-state index contributed by atoms with van der Waals surface area (Å²) >= 11 is 0. The summed E-state index contributed by atoms with van der Waals surface area (Å²) in [4.78, 5) is 4.22. The van der Waals surface area contributed by atoms with Gasteiger partial charge in [0, 0.05) is 6.61 Å². The third kappa shape index (κ3) is 4.72. The zero-order chi connectivity index (χ0) is 13.6. The van der Waals surface area contributed by atoms with Crippen LogP contribution in [0.15, 0.2) is 4.52 Å². The molecule has 0 spiro atoms. The predicted molar refractivity (Wildman–Crippen MR) is 66.9 cm³/mol. The molecule has 1 rings (SSSR count). The van der Waals surface area contributed by atoms with Gasteiger partial charge in [0.05, 0.1) is 12.7 Å². The molecule has 0 saturated heterocycles. The van der Waals surface area contributed by atoms with Crippen molar-refractivity contribution >= 4 is 0 Å². The lowest BCUT2D eigenvalue weighted by atomic mass is 10.1. The Morgan fingerprint density at radius 2 is 2.17 bits per heavy atom. The van der Waals surface area contributed by atoms with Crippen molar-refractivity contribution in [1.29, 1.82) is 0 Å². The van der Waals surface area contributed by atoms with E-state index in [2.05, 4.69) is 10.1 Å². The van der Waals surface area contributed by atoms with E-state index in [1.807, 2.05) is 27.7 Å². The maximum absolute atomic E-state index is 6.10. The molecule has 104 valence electrons. The predicted octanol–water partition coefficient (Wildman–Crippen LogP) is 1.60. The number of hydrogen-bond acceptors (Lipinski definition) is 6. The Morgan fingerprint density at radius 1 is 1.44 bits per heavy atom. The molecule has 1 unspecified atom stereocenters. The van der Waals surface area contributed by atoms with E-state index in [9.17, 15) is 0 Å². The van der Waals surface area contributed by atoms with Crippen molar-refractivity contribution in [2.24, 2.45) is 5.73 Å². The molecule has 0 fully saturated rings. The number of hydrogen-bond donors (Lipinski definition) is 1. The summed E-state index contributed by atoms with van der Waals surface area (Å²) in [6.07, 6.45) is 1.08. The van der Waals surface area contributed by atoms with E-state index in [1.165, 1.54) is 0 Å². The third-order valence-corrected chi connectivity index (χ3v) is 2.27. The minimum atomic E-state index is -0.741. The second kappa shape index (κ2) is 6.82. The van der Waals surface area contributed by atoms with Gasteiger partial charge in [-0.05, 0) is 27.2 Å². The Kier molecular flexibility index (Phi) is 5.71. The van der Waals surface area contributed by atoms with Gasteiger partial charge in [0.2, 0.25) is 0 Å². The van der Waals surface area contributed by atoms with E-state index >= 15 is 0 Å². The van der Waals surface area contributed by atoms with Crippen LogP contribution in [-0.4, -0.2) is 29.5 Å². The Balaban J connectivity index is 2.54. The first-order chi connectivity index (χ1) is 8.45. The summed E-state index contributed by atoms with van der Waals surface area (Å²) in [5, 5.41) is 3.87. The normalized spacial score (nSPS) is 15.0. The van der Waals surface area contributed by atoms with Crippen LogP contribution in [0, 0.1) is 0 Å². The highest BCUT2D eigenvalue weighted by molar-refractivity contribution is 5.01.